The second kappa shape index (κ2) is 7.54. The smallest absolute Gasteiger partial charge is 0.260 e. The molecule has 1 saturated heterocycles. The highest BCUT2D eigenvalue weighted by Crippen LogP contribution is 2.26. The largest absolute Gasteiger partial charge is 0.322 e. The Balaban J connectivity index is 1.45. The number of piperazine rings is 1. The third kappa shape index (κ3) is 3.70. The average molecular weight is 385 g/mol. The summed E-state index contributed by atoms with van der Waals surface area (Å²) < 4.78 is 0. The van der Waals surface area contributed by atoms with Crippen LogP contribution in [0, 0.1) is 13.8 Å². The number of nitrogens with one attached hydrogen (secondary N) is 3. The summed E-state index contributed by atoms with van der Waals surface area (Å²) in [6.45, 7) is 11.9. The fourth-order valence-corrected chi connectivity index (χ4v) is 5.13. The van der Waals surface area contributed by atoms with Gasteiger partial charge in [0.25, 0.3) is 5.56 Å². The molecular weight excluding hydrogens is 356 g/mol. The lowest BCUT2D eigenvalue weighted by molar-refractivity contribution is -1.03. The van der Waals surface area contributed by atoms with Gasteiger partial charge in [0.15, 0.2) is 5.82 Å². The van der Waals surface area contributed by atoms with Crippen molar-refractivity contribution in [2.24, 2.45) is 0 Å². The normalized spacial score (nSPS) is 21.4. The SMILES string of the molecule is Cc1sc2nc([C@H](C)[NH+]3CC[NH+](Cc4ccccc4)CC3)[nH]c(=O)c2c1C. The van der Waals surface area contributed by atoms with Crippen LogP contribution in [0.4, 0.5) is 0 Å². The molecule has 1 atom stereocenters. The summed E-state index contributed by atoms with van der Waals surface area (Å²) >= 11 is 1.63. The summed E-state index contributed by atoms with van der Waals surface area (Å²) in [4.78, 5) is 25.7. The van der Waals surface area contributed by atoms with E-state index in [1.54, 1.807) is 16.2 Å². The molecule has 5 nitrogen and oxygen atoms in total. The number of nitrogens with zero attached hydrogens (tertiary/aromatic N) is 1. The Morgan fingerprint density at radius 2 is 1.85 bits per heavy atom. The quantitative estimate of drug-likeness (QED) is 0.619. The van der Waals surface area contributed by atoms with Crippen molar-refractivity contribution < 1.29 is 9.80 Å². The number of quaternary nitrogens is 2. The minimum Gasteiger partial charge on any atom is -0.322 e. The average Bonchev–Trinajstić information content (AvgIpc) is 2.97. The molecule has 0 spiro atoms. The number of H-pyrrole nitrogens is 1. The van der Waals surface area contributed by atoms with Crippen molar-refractivity contribution in [3.63, 3.8) is 0 Å². The van der Waals surface area contributed by atoms with Crippen molar-refractivity contribution in [2.45, 2.75) is 33.4 Å². The fourth-order valence-electron chi connectivity index (χ4n) is 4.09. The highest BCUT2D eigenvalue weighted by atomic mass is 32.1. The first-order valence-electron chi connectivity index (χ1n) is 9.75. The number of hydrogen-bond acceptors (Lipinski definition) is 3. The van der Waals surface area contributed by atoms with E-state index in [1.165, 1.54) is 15.3 Å². The lowest BCUT2D eigenvalue weighted by Gasteiger charge is -2.32. The summed E-state index contributed by atoms with van der Waals surface area (Å²) in [6, 6.07) is 10.9. The van der Waals surface area contributed by atoms with E-state index < -0.39 is 0 Å². The standard InChI is InChI=1S/C21H26N4OS/c1-14-16(3)27-21-18(14)20(26)22-19(23-21)15(2)25-11-9-24(10-12-25)13-17-7-5-4-6-8-17/h4-8,15H,9-13H2,1-3H3,(H,22,23,26)/p+2/t15-/m0/s1. The minimum absolute atomic E-state index is 0.0106. The van der Waals surface area contributed by atoms with Crippen LogP contribution in [-0.4, -0.2) is 36.1 Å². The molecule has 0 aliphatic carbocycles. The van der Waals surface area contributed by atoms with Crippen molar-refractivity contribution in [2.75, 3.05) is 26.2 Å². The van der Waals surface area contributed by atoms with Gasteiger partial charge >= 0.3 is 0 Å². The van der Waals surface area contributed by atoms with Crippen LogP contribution in [-0.2, 0) is 6.54 Å². The predicted molar refractivity (Wildman–Crippen MR) is 110 cm³/mol. The van der Waals surface area contributed by atoms with E-state index in [0.717, 1.165) is 54.3 Å². The van der Waals surface area contributed by atoms with Crippen molar-refractivity contribution in [1.29, 1.82) is 0 Å². The van der Waals surface area contributed by atoms with Crippen molar-refractivity contribution in [3.8, 4) is 0 Å². The second-order valence-corrected chi connectivity index (χ2v) is 8.91. The fraction of sp³-hybridized carbons (Fsp3) is 0.429. The van der Waals surface area contributed by atoms with Gasteiger partial charge < -0.3 is 14.8 Å². The molecule has 0 amide bonds. The van der Waals surface area contributed by atoms with Gasteiger partial charge in [0.2, 0.25) is 0 Å². The number of fused-ring (bicyclic) bond motifs is 1. The van der Waals surface area contributed by atoms with Gasteiger partial charge in [-0.05, 0) is 26.3 Å². The van der Waals surface area contributed by atoms with Crippen molar-refractivity contribution in [3.05, 3.63) is 62.5 Å². The molecule has 6 heteroatoms. The van der Waals surface area contributed by atoms with Crippen molar-refractivity contribution in [1.82, 2.24) is 9.97 Å². The van der Waals surface area contributed by atoms with Gasteiger partial charge in [-0.2, -0.15) is 0 Å². The molecule has 142 valence electrons. The van der Waals surface area contributed by atoms with Gasteiger partial charge in [-0.3, -0.25) is 4.79 Å². The summed E-state index contributed by atoms with van der Waals surface area (Å²) in [5.74, 6) is 0.829. The highest BCUT2D eigenvalue weighted by molar-refractivity contribution is 7.18. The van der Waals surface area contributed by atoms with E-state index in [1.807, 2.05) is 6.92 Å². The molecule has 1 aliphatic rings. The minimum atomic E-state index is 0.0106. The van der Waals surface area contributed by atoms with E-state index in [0.29, 0.717) is 0 Å². The van der Waals surface area contributed by atoms with Crippen LogP contribution in [0.2, 0.25) is 0 Å². The first-order valence-corrected chi connectivity index (χ1v) is 10.6. The molecule has 0 radical (unpaired) electrons. The van der Waals surface area contributed by atoms with Gasteiger partial charge in [-0.1, -0.05) is 30.3 Å². The van der Waals surface area contributed by atoms with Gasteiger partial charge in [0.1, 0.15) is 43.6 Å². The maximum atomic E-state index is 12.6. The van der Waals surface area contributed by atoms with E-state index in [-0.39, 0.29) is 11.6 Å². The highest BCUT2D eigenvalue weighted by Gasteiger charge is 2.29. The van der Waals surface area contributed by atoms with Gasteiger partial charge in [-0.25, -0.2) is 4.98 Å². The molecular formula is C21H28N4OS+2. The van der Waals surface area contributed by atoms with E-state index in [2.05, 4.69) is 49.2 Å². The molecule has 3 heterocycles. The van der Waals surface area contributed by atoms with Crippen LogP contribution in [0.1, 0.15) is 34.8 Å². The lowest BCUT2D eigenvalue weighted by atomic mass is 10.1. The number of hydrogen-bond donors (Lipinski definition) is 3. The van der Waals surface area contributed by atoms with E-state index in [9.17, 15) is 4.79 Å². The van der Waals surface area contributed by atoms with Crippen LogP contribution in [0.15, 0.2) is 35.1 Å². The number of aromatic nitrogens is 2. The first kappa shape index (κ1) is 18.3. The molecule has 0 unspecified atom stereocenters. The Bertz CT molecular complexity index is 987. The molecule has 2 aromatic heterocycles. The van der Waals surface area contributed by atoms with Gasteiger partial charge in [0.05, 0.1) is 5.39 Å². The van der Waals surface area contributed by atoms with Crippen LogP contribution < -0.4 is 15.4 Å². The third-order valence-corrected chi connectivity index (χ3v) is 7.08. The monoisotopic (exact) mass is 384 g/mol. The summed E-state index contributed by atoms with van der Waals surface area (Å²) in [7, 11) is 0. The number of thiophene rings is 1. The van der Waals surface area contributed by atoms with Crippen LogP contribution >= 0.6 is 11.3 Å². The molecule has 1 aliphatic heterocycles. The summed E-state index contributed by atoms with van der Waals surface area (Å²) in [6.07, 6.45) is 0. The Hall–Kier alpha value is -2.02. The Morgan fingerprint density at radius 3 is 2.56 bits per heavy atom. The molecule has 27 heavy (non-hydrogen) atoms. The lowest BCUT2D eigenvalue weighted by Crippen LogP contribution is -3.27. The zero-order valence-electron chi connectivity index (χ0n) is 16.3. The number of aromatic amines is 1. The second-order valence-electron chi connectivity index (χ2n) is 7.71. The summed E-state index contributed by atoms with van der Waals surface area (Å²) in [5, 5.41) is 0.764. The predicted octanol–water partition coefficient (Wildman–Crippen LogP) is 0.646. The number of benzene rings is 1. The Labute approximate surface area is 163 Å². The third-order valence-electron chi connectivity index (χ3n) is 5.98. The topological polar surface area (TPSA) is 54.6 Å². The van der Waals surface area contributed by atoms with E-state index >= 15 is 0 Å². The summed E-state index contributed by atoms with van der Waals surface area (Å²) in [5.41, 5.74) is 2.48. The number of rotatable bonds is 4. The molecule has 1 fully saturated rings. The van der Waals surface area contributed by atoms with Crippen LogP contribution in [0.3, 0.4) is 0 Å². The molecule has 0 bridgehead atoms. The number of aryl methyl sites for hydroxylation is 2. The maximum Gasteiger partial charge on any atom is 0.260 e. The van der Waals surface area contributed by atoms with Gasteiger partial charge in [-0.15, -0.1) is 11.3 Å². The zero-order chi connectivity index (χ0) is 19.0. The zero-order valence-corrected chi connectivity index (χ0v) is 17.1. The molecule has 3 aromatic rings. The van der Waals surface area contributed by atoms with Gasteiger partial charge in [0, 0.05) is 10.4 Å². The Morgan fingerprint density at radius 1 is 1.15 bits per heavy atom. The molecule has 3 N–H and O–H groups in total. The van der Waals surface area contributed by atoms with Crippen LogP contribution in [0.25, 0.3) is 10.2 Å². The molecule has 4 rings (SSSR count). The maximum absolute atomic E-state index is 12.6. The molecule has 1 aromatic carbocycles. The van der Waals surface area contributed by atoms with Crippen molar-refractivity contribution >= 4 is 21.6 Å². The van der Waals surface area contributed by atoms with Crippen LogP contribution in [0.5, 0.6) is 0 Å². The first-order chi connectivity index (χ1) is 13.0. The van der Waals surface area contributed by atoms with E-state index in [4.69, 9.17) is 4.98 Å². The molecule has 0 saturated carbocycles. The Kier molecular flexibility index (Phi) is 5.12.